The van der Waals surface area contributed by atoms with Crippen molar-refractivity contribution < 1.29 is 9.47 Å². The molecule has 0 amide bonds. The number of para-hydroxylation sites is 1. The Balaban J connectivity index is 0.00000210. The monoisotopic (exact) mass is 486 g/mol. The van der Waals surface area contributed by atoms with Gasteiger partial charge in [-0.2, -0.15) is 0 Å². The summed E-state index contributed by atoms with van der Waals surface area (Å²) in [5.74, 6) is 2.05. The summed E-state index contributed by atoms with van der Waals surface area (Å²) in [6, 6.07) is 8.93. The first kappa shape index (κ1) is 20.7. The fourth-order valence-corrected chi connectivity index (χ4v) is 4.14. The summed E-state index contributed by atoms with van der Waals surface area (Å²) in [6.07, 6.45) is 2.31. The Kier molecular flexibility index (Phi) is 7.60. The van der Waals surface area contributed by atoms with Crippen LogP contribution in [0.3, 0.4) is 0 Å². The molecule has 7 heteroatoms. The lowest BCUT2D eigenvalue weighted by Crippen LogP contribution is -2.46. The van der Waals surface area contributed by atoms with Gasteiger partial charge in [-0.15, -0.1) is 24.0 Å². The SMILES string of the molecule is CCNC(=NCC1Cc2ccccc2O1)N1CCC(N2CCOCC2)C1.I. The lowest BCUT2D eigenvalue weighted by atomic mass is 10.1. The van der Waals surface area contributed by atoms with Crippen LogP contribution in [0.25, 0.3) is 0 Å². The number of halogens is 1. The van der Waals surface area contributed by atoms with Crippen molar-refractivity contribution >= 4 is 29.9 Å². The third kappa shape index (κ3) is 5.06. The van der Waals surface area contributed by atoms with Crippen LogP contribution >= 0.6 is 24.0 Å². The number of benzene rings is 1. The second-order valence-corrected chi connectivity index (χ2v) is 7.28. The Morgan fingerprint density at radius 2 is 2.04 bits per heavy atom. The molecule has 3 heterocycles. The van der Waals surface area contributed by atoms with Gasteiger partial charge in [0.15, 0.2) is 5.96 Å². The number of hydrogen-bond acceptors (Lipinski definition) is 4. The zero-order valence-electron chi connectivity index (χ0n) is 16.1. The van der Waals surface area contributed by atoms with Gasteiger partial charge in [0, 0.05) is 45.2 Å². The molecule has 0 aliphatic carbocycles. The van der Waals surface area contributed by atoms with Crippen LogP contribution in [0.4, 0.5) is 0 Å². The molecule has 0 aromatic heterocycles. The quantitative estimate of drug-likeness (QED) is 0.401. The third-order valence-corrected chi connectivity index (χ3v) is 5.52. The van der Waals surface area contributed by atoms with Gasteiger partial charge in [0.1, 0.15) is 11.9 Å². The van der Waals surface area contributed by atoms with Crippen LogP contribution < -0.4 is 10.1 Å². The lowest BCUT2D eigenvalue weighted by Gasteiger charge is -2.32. The first-order valence-electron chi connectivity index (χ1n) is 9.93. The molecule has 2 atom stereocenters. The molecule has 0 bridgehead atoms. The number of rotatable bonds is 4. The van der Waals surface area contributed by atoms with E-state index in [2.05, 4.69) is 40.2 Å². The average Bonchev–Trinajstić information content (AvgIpc) is 3.32. The largest absolute Gasteiger partial charge is 0.488 e. The van der Waals surface area contributed by atoms with Gasteiger partial charge < -0.3 is 19.7 Å². The molecule has 2 unspecified atom stereocenters. The molecule has 0 saturated carbocycles. The van der Waals surface area contributed by atoms with Gasteiger partial charge in [0.25, 0.3) is 0 Å². The summed E-state index contributed by atoms with van der Waals surface area (Å²) in [7, 11) is 0. The van der Waals surface area contributed by atoms with Crippen LogP contribution in [-0.2, 0) is 11.2 Å². The molecular weight excluding hydrogens is 455 g/mol. The number of guanidine groups is 1. The van der Waals surface area contributed by atoms with Crippen molar-refractivity contribution in [3.05, 3.63) is 29.8 Å². The smallest absolute Gasteiger partial charge is 0.194 e. The molecule has 6 nitrogen and oxygen atoms in total. The van der Waals surface area contributed by atoms with Gasteiger partial charge in [-0.25, -0.2) is 4.99 Å². The van der Waals surface area contributed by atoms with E-state index in [9.17, 15) is 0 Å². The number of likely N-dealkylation sites (tertiary alicyclic amines) is 1. The molecule has 150 valence electrons. The van der Waals surface area contributed by atoms with E-state index in [4.69, 9.17) is 14.5 Å². The molecule has 1 aromatic rings. The van der Waals surface area contributed by atoms with Crippen LogP contribution in [0.5, 0.6) is 5.75 Å². The first-order chi connectivity index (χ1) is 12.8. The van der Waals surface area contributed by atoms with E-state index in [0.717, 1.165) is 64.1 Å². The maximum absolute atomic E-state index is 6.04. The summed E-state index contributed by atoms with van der Waals surface area (Å²) < 4.78 is 11.5. The number of ether oxygens (including phenoxy) is 2. The summed E-state index contributed by atoms with van der Waals surface area (Å²) in [5.41, 5.74) is 1.30. The van der Waals surface area contributed by atoms with Crippen molar-refractivity contribution in [3.8, 4) is 5.75 Å². The number of aliphatic imine (C=N–C) groups is 1. The molecule has 4 rings (SSSR count). The highest BCUT2D eigenvalue weighted by Crippen LogP contribution is 2.28. The fourth-order valence-electron chi connectivity index (χ4n) is 4.14. The van der Waals surface area contributed by atoms with Gasteiger partial charge in [-0.3, -0.25) is 4.90 Å². The molecule has 1 aromatic carbocycles. The van der Waals surface area contributed by atoms with Gasteiger partial charge in [-0.05, 0) is 25.0 Å². The highest BCUT2D eigenvalue weighted by molar-refractivity contribution is 14.0. The summed E-state index contributed by atoms with van der Waals surface area (Å²) in [4.78, 5) is 9.89. The van der Waals surface area contributed by atoms with Crippen LogP contribution in [-0.4, -0.2) is 80.4 Å². The molecule has 0 radical (unpaired) electrons. The minimum Gasteiger partial charge on any atom is -0.488 e. The van der Waals surface area contributed by atoms with Crippen LogP contribution in [0.15, 0.2) is 29.3 Å². The number of morpholine rings is 1. The van der Waals surface area contributed by atoms with Crippen molar-refractivity contribution in [1.82, 2.24) is 15.1 Å². The maximum atomic E-state index is 6.04. The summed E-state index contributed by atoms with van der Waals surface area (Å²) in [6.45, 7) is 9.69. The van der Waals surface area contributed by atoms with Crippen LogP contribution in [0, 0.1) is 0 Å². The highest BCUT2D eigenvalue weighted by Gasteiger charge is 2.30. The van der Waals surface area contributed by atoms with Crippen molar-refractivity contribution in [2.75, 3.05) is 52.5 Å². The predicted molar refractivity (Wildman–Crippen MR) is 118 cm³/mol. The fraction of sp³-hybridized carbons (Fsp3) is 0.650. The van der Waals surface area contributed by atoms with Crippen molar-refractivity contribution in [2.24, 2.45) is 4.99 Å². The van der Waals surface area contributed by atoms with E-state index in [-0.39, 0.29) is 30.1 Å². The normalized spacial score (nSPS) is 25.7. The second-order valence-electron chi connectivity index (χ2n) is 7.28. The second kappa shape index (κ2) is 9.93. The van der Waals surface area contributed by atoms with Crippen molar-refractivity contribution in [2.45, 2.75) is 31.9 Å². The van der Waals surface area contributed by atoms with E-state index in [1.807, 2.05) is 6.07 Å². The van der Waals surface area contributed by atoms with Crippen LogP contribution in [0.1, 0.15) is 18.9 Å². The number of hydrogen-bond donors (Lipinski definition) is 1. The zero-order valence-corrected chi connectivity index (χ0v) is 18.4. The van der Waals surface area contributed by atoms with Gasteiger partial charge in [0.2, 0.25) is 0 Å². The molecule has 0 spiro atoms. The standard InChI is InChI=1S/C20H30N4O2.HI/c1-2-21-20(22-14-18-13-16-5-3-4-6-19(16)26-18)24-8-7-17(15-24)23-9-11-25-12-10-23;/h3-6,17-18H,2,7-15H2,1H3,(H,21,22);1H. The van der Waals surface area contributed by atoms with E-state index >= 15 is 0 Å². The predicted octanol–water partition coefficient (Wildman–Crippen LogP) is 1.98. The Labute approximate surface area is 179 Å². The average molecular weight is 486 g/mol. The zero-order chi connectivity index (χ0) is 17.8. The molecule has 2 fully saturated rings. The maximum Gasteiger partial charge on any atom is 0.194 e. The van der Waals surface area contributed by atoms with E-state index in [1.165, 1.54) is 12.0 Å². The Morgan fingerprint density at radius 3 is 2.81 bits per heavy atom. The molecule has 27 heavy (non-hydrogen) atoms. The number of nitrogens with zero attached hydrogens (tertiary/aromatic N) is 3. The Bertz CT molecular complexity index is 611. The topological polar surface area (TPSA) is 49.3 Å². The van der Waals surface area contributed by atoms with Crippen molar-refractivity contribution in [1.29, 1.82) is 0 Å². The first-order valence-corrected chi connectivity index (χ1v) is 9.93. The minimum absolute atomic E-state index is 0. The molecule has 2 saturated heterocycles. The lowest BCUT2D eigenvalue weighted by molar-refractivity contribution is 0.0195. The van der Waals surface area contributed by atoms with Crippen molar-refractivity contribution in [3.63, 3.8) is 0 Å². The van der Waals surface area contributed by atoms with Gasteiger partial charge in [-0.1, -0.05) is 18.2 Å². The summed E-state index contributed by atoms with van der Waals surface area (Å²) in [5, 5.41) is 3.47. The highest BCUT2D eigenvalue weighted by atomic mass is 127. The number of nitrogens with one attached hydrogen (secondary N) is 1. The molecule has 1 N–H and O–H groups in total. The van der Waals surface area contributed by atoms with Crippen LogP contribution in [0.2, 0.25) is 0 Å². The Morgan fingerprint density at radius 1 is 1.22 bits per heavy atom. The molecular formula is C20H31IN4O2. The molecule has 3 aliphatic heterocycles. The van der Waals surface area contributed by atoms with E-state index < -0.39 is 0 Å². The van der Waals surface area contributed by atoms with Gasteiger partial charge in [0.05, 0.1) is 19.8 Å². The van der Waals surface area contributed by atoms with E-state index in [0.29, 0.717) is 12.6 Å². The number of fused-ring (bicyclic) bond motifs is 1. The summed E-state index contributed by atoms with van der Waals surface area (Å²) >= 11 is 0. The Hall–Kier alpha value is -1.06. The van der Waals surface area contributed by atoms with Gasteiger partial charge >= 0.3 is 0 Å². The minimum atomic E-state index is 0. The third-order valence-electron chi connectivity index (χ3n) is 5.52. The molecule has 3 aliphatic rings. The van der Waals surface area contributed by atoms with E-state index in [1.54, 1.807) is 0 Å².